The number of benzene rings is 2. The highest BCUT2D eigenvalue weighted by Crippen LogP contribution is 2.22. The molecule has 0 fully saturated rings. The largest absolute Gasteiger partial charge is 0.381 e. The number of amides is 2. The Balaban J connectivity index is 2.20. The van der Waals surface area contributed by atoms with E-state index < -0.39 is 29.9 Å². The van der Waals surface area contributed by atoms with Gasteiger partial charge in [0.05, 0.1) is 0 Å². The molecule has 0 radical (unpaired) electrons. The van der Waals surface area contributed by atoms with Gasteiger partial charge in [-0.3, -0.25) is 14.8 Å². The summed E-state index contributed by atoms with van der Waals surface area (Å²) in [5.74, 6) is -2.20. The molecule has 2 rings (SSSR count). The maximum atomic E-state index is 13.0. The van der Waals surface area contributed by atoms with Crippen molar-refractivity contribution in [1.29, 1.82) is 0 Å². The monoisotopic (exact) mass is 364 g/mol. The van der Waals surface area contributed by atoms with Crippen molar-refractivity contribution in [2.45, 2.75) is 25.0 Å². The van der Waals surface area contributed by atoms with Crippen LogP contribution in [0.4, 0.5) is 8.78 Å². The van der Waals surface area contributed by atoms with Crippen LogP contribution in [-0.4, -0.2) is 40.2 Å². The van der Waals surface area contributed by atoms with E-state index in [0.717, 1.165) is 11.1 Å². The van der Waals surface area contributed by atoms with E-state index >= 15 is 0 Å². The summed E-state index contributed by atoms with van der Waals surface area (Å²) in [5.41, 5.74) is 0.168. The Morgan fingerprint density at radius 3 is 2.04 bits per heavy atom. The summed E-state index contributed by atoms with van der Waals surface area (Å²) in [7, 11) is 0. The van der Waals surface area contributed by atoms with Crippen LogP contribution < -0.4 is 10.8 Å². The third kappa shape index (κ3) is 4.22. The van der Waals surface area contributed by atoms with Crippen molar-refractivity contribution in [3.05, 3.63) is 60.2 Å². The predicted molar refractivity (Wildman–Crippen MR) is 89.7 cm³/mol. The van der Waals surface area contributed by atoms with E-state index in [2.05, 4.69) is 0 Å². The standard InChI is InChI=1S/C18H18F2N2O4/c1-18(25,17(19)20)14(16(24)22-26)21-15(23)13-9-7-12(8-10-13)11-5-3-2-4-6-11/h2-10,14,17,25-26H,1H3,(H,21,23)(H,22,24)/t14-,18?/m1/s1. The highest BCUT2D eigenvalue weighted by molar-refractivity contribution is 5.98. The summed E-state index contributed by atoms with van der Waals surface area (Å²) in [6.45, 7) is 0.691. The van der Waals surface area contributed by atoms with E-state index in [1.165, 1.54) is 17.6 Å². The van der Waals surface area contributed by atoms with Crippen LogP contribution in [0.3, 0.4) is 0 Å². The molecule has 2 amide bonds. The minimum atomic E-state index is -3.33. The van der Waals surface area contributed by atoms with Gasteiger partial charge in [0.2, 0.25) is 0 Å². The molecule has 0 heterocycles. The van der Waals surface area contributed by atoms with Crippen LogP contribution in [-0.2, 0) is 4.79 Å². The molecule has 0 aromatic heterocycles. The van der Waals surface area contributed by atoms with E-state index in [-0.39, 0.29) is 5.56 Å². The quantitative estimate of drug-likeness (QED) is 0.465. The molecular formula is C18H18F2N2O4. The molecule has 0 bridgehead atoms. The third-order valence-corrected chi connectivity index (χ3v) is 3.93. The Kier molecular flexibility index (Phi) is 6.01. The molecule has 0 aliphatic heterocycles. The molecule has 2 aromatic rings. The number of nitrogens with one attached hydrogen (secondary N) is 2. The third-order valence-electron chi connectivity index (χ3n) is 3.93. The SMILES string of the molecule is CC(O)(C(F)F)[C@H](NC(=O)c1ccc(-c2ccccc2)cc1)C(=O)NO. The maximum Gasteiger partial charge on any atom is 0.269 e. The molecule has 0 saturated heterocycles. The van der Waals surface area contributed by atoms with Gasteiger partial charge in [0.1, 0.15) is 6.04 Å². The van der Waals surface area contributed by atoms with Crippen molar-refractivity contribution in [2.75, 3.05) is 0 Å². The first-order chi connectivity index (χ1) is 12.3. The van der Waals surface area contributed by atoms with Gasteiger partial charge < -0.3 is 10.4 Å². The van der Waals surface area contributed by atoms with Crippen molar-refractivity contribution in [3.63, 3.8) is 0 Å². The average molecular weight is 364 g/mol. The summed E-state index contributed by atoms with van der Waals surface area (Å²) in [4.78, 5) is 23.9. The van der Waals surface area contributed by atoms with Crippen LogP contribution in [0.5, 0.6) is 0 Å². The first-order valence-electron chi connectivity index (χ1n) is 7.68. The number of halogens is 2. The van der Waals surface area contributed by atoms with E-state index in [0.29, 0.717) is 6.92 Å². The van der Waals surface area contributed by atoms with Gasteiger partial charge in [0, 0.05) is 5.56 Å². The lowest BCUT2D eigenvalue weighted by Crippen LogP contribution is -2.61. The minimum Gasteiger partial charge on any atom is -0.381 e. The summed E-state index contributed by atoms with van der Waals surface area (Å²) in [6, 6.07) is 13.6. The zero-order valence-electron chi connectivity index (χ0n) is 13.8. The second kappa shape index (κ2) is 8.03. The second-order valence-electron chi connectivity index (χ2n) is 5.85. The smallest absolute Gasteiger partial charge is 0.269 e. The highest BCUT2D eigenvalue weighted by atomic mass is 19.3. The molecule has 0 aliphatic rings. The zero-order valence-corrected chi connectivity index (χ0v) is 13.8. The van der Waals surface area contributed by atoms with Crippen LogP contribution in [0.1, 0.15) is 17.3 Å². The molecule has 138 valence electrons. The van der Waals surface area contributed by atoms with Crippen LogP contribution in [0.25, 0.3) is 11.1 Å². The second-order valence-corrected chi connectivity index (χ2v) is 5.85. The average Bonchev–Trinajstić information content (AvgIpc) is 2.65. The number of hydrogen-bond acceptors (Lipinski definition) is 4. The summed E-state index contributed by atoms with van der Waals surface area (Å²) < 4.78 is 26.0. The van der Waals surface area contributed by atoms with E-state index in [9.17, 15) is 23.5 Å². The zero-order chi connectivity index (χ0) is 19.3. The van der Waals surface area contributed by atoms with E-state index in [1.54, 1.807) is 12.1 Å². The molecule has 0 saturated carbocycles. The Labute approximate surface area is 148 Å². The molecule has 6 nitrogen and oxygen atoms in total. The molecule has 8 heteroatoms. The van der Waals surface area contributed by atoms with Crippen molar-refractivity contribution >= 4 is 11.8 Å². The summed E-state index contributed by atoms with van der Waals surface area (Å²) in [6.07, 6.45) is -3.33. The van der Waals surface area contributed by atoms with Crippen LogP contribution in [0, 0.1) is 0 Å². The topological polar surface area (TPSA) is 98.7 Å². The van der Waals surface area contributed by atoms with Gasteiger partial charge in [-0.15, -0.1) is 0 Å². The fraction of sp³-hybridized carbons (Fsp3) is 0.222. The van der Waals surface area contributed by atoms with Gasteiger partial charge >= 0.3 is 0 Å². The lowest BCUT2D eigenvalue weighted by atomic mass is 9.95. The molecule has 1 unspecified atom stereocenters. The molecule has 2 atom stereocenters. The van der Waals surface area contributed by atoms with Gasteiger partial charge in [0.15, 0.2) is 5.60 Å². The molecule has 26 heavy (non-hydrogen) atoms. The molecule has 0 aliphatic carbocycles. The number of carbonyl (C=O) groups is 2. The predicted octanol–water partition coefficient (Wildman–Crippen LogP) is 1.97. The molecule has 0 spiro atoms. The van der Waals surface area contributed by atoms with Gasteiger partial charge in [-0.2, -0.15) is 0 Å². The van der Waals surface area contributed by atoms with E-state index in [4.69, 9.17) is 5.21 Å². The molecular weight excluding hydrogens is 346 g/mol. The lowest BCUT2D eigenvalue weighted by molar-refractivity contribution is -0.149. The first-order valence-corrected chi connectivity index (χ1v) is 7.68. The van der Waals surface area contributed by atoms with Crippen molar-refractivity contribution < 1.29 is 28.7 Å². The molecule has 4 N–H and O–H groups in total. The minimum absolute atomic E-state index is 0.102. The number of carbonyl (C=O) groups excluding carboxylic acids is 2. The molecule has 2 aromatic carbocycles. The van der Waals surface area contributed by atoms with Crippen molar-refractivity contribution in [1.82, 2.24) is 10.8 Å². The van der Waals surface area contributed by atoms with Crippen molar-refractivity contribution in [2.24, 2.45) is 0 Å². The number of alkyl halides is 2. The summed E-state index contributed by atoms with van der Waals surface area (Å²) >= 11 is 0. The fourth-order valence-corrected chi connectivity index (χ4v) is 2.33. The van der Waals surface area contributed by atoms with Crippen LogP contribution in [0.2, 0.25) is 0 Å². The first kappa shape index (κ1) is 19.5. The fourth-order valence-electron chi connectivity index (χ4n) is 2.33. The number of hydrogen-bond donors (Lipinski definition) is 4. The van der Waals surface area contributed by atoms with Gasteiger partial charge in [-0.25, -0.2) is 14.3 Å². The Hall–Kier alpha value is -2.84. The van der Waals surface area contributed by atoms with Crippen LogP contribution in [0.15, 0.2) is 54.6 Å². The maximum absolute atomic E-state index is 13.0. The normalized spacial score (nSPS) is 14.4. The number of hydroxylamine groups is 1. The Bertz CT molecular complexity index is 765. The number of aliphatic hydroxyl groups is 1. The lowest BCUT2D eigenvalue weighted by Gasteiger charge is -2.30. The van der Waals surface area contributed by atoms with Gasteiger partial charge in [-0.1, -0.05) is 42.5 Å². The highest BCUT2D eigenvalue weighted by Gasteiger charge is 2.46. The van der Waals surface area contributed by atoms with E-state index in [1.807, 2.05) is 35.6 Å². The number of rotatable bonds is 6. The van der Waals surface area contributed by atoms with Gasteiger partial charge in [0.25, 0.3) is 18.2 Å². The van der Waals surface area contributed by atoms with Crippen molar-refractivity contribution in [3.8, 4) is 11.1 Å². The van der Waals surface area contributed by atoms with Crippen LogP contribution >= 0.6 is 0 Å². The van der Waals surface area contributed by atoms with Gasteiger partial charge in [-0.05, 0) is 30.2 Å². The Morgan fingerprint density at radius 2 is 1.54 bits per heavy atom. The summed E-state index contributed by atoms with van der Waals surface area (Å²) in [5, 5.41) is 20.5. The Morgan fingerprint density at radius 1 is 1.00 bits per heavy atom.